The Hall–Kier alpha value is -1.71. The quantitative estimate of drug-likeness (QED) is 0.425. The van der Waals surface area contributed by atoms with Crippen LogP contribution < -0.4 is 4.90 Å². The predicted molar refractivity (Wildman–Crippen MR) is 143 cm³/mol. The number of rotatable bonds is 4. The summed E-state index contributed by atoms with van der Waals surface area (Å²) in [7, 11) is 2.16. The second-order valence-corrected chi connectivity index (χ2v) is 12.5. The number of halogens is 3. The van der Waals surface area contributed by atoms with Crippen LogP contribution >= 0.6 is 27.5 Å². The van der Waals surface area contributed by atoms with Crippen molar-refractivity contribution in [3.05, 3.63) is 27.2 Å². The molecular weight excluding hydrogens is 549 g/mol. The Morgan fingerprint density at radius 3 is 2.53 bits per heavy atom. The van der Waals surface area contributed by atoms with E-state index in [0.29, 0.717) is 47.6 Å². The van der Waals surface area contributed by atoms with Crippen molar-refractivity contribution >= 4 is 50.3 Å². The summed E-state index contributed by atoms with van der Waals surface area (Å²) < 4.78 is 21.3. The molecule has 1 aromatic carbocycles. The lowest BCUT2D eigenvalue weighted by Gasteiger charge is -2.42. The van der Waals surface area contributed by atoms with Gasteiger partial charge in [0.25, 0.3) is 0 Å². The zero-order valence-corrected chi connectivity index (χ0v) is 23.7. The maximum Gasteiger partial charge on any atom is 0.410 e. The Morgan fingerprint density at radius 1 is 1.22 bits per heavy atom. The van der Waals surface area contributed by atoms with Gasteiger partial charge in [-0.25, -0.2) is 19.2 Å². The number of hydrogen-bond acceptors (Lipinski definition) is 6. The van der Waals surface area contributed by atoms with Crippen LogP contribution in [0.3, 0.4) is 0 Å². The summed E-state index contributed by atoms with van der Waals surface area (Å²) in [4.78, 5) is 29.0. The minimum Gasteiger partial charge on any atom is -0.444 e. The van der Waals surface area contributed by atoms with Crippen molar-refractivity contribution in [2.45, 2.75) is 83.0 Å². The standard InChI is InChI=1S/C26H34BrClFN5O2/c1-26(2,3)36-25(35)34-16-7-8-17(34)14-33(13-16)24-18-12-19(28)21(27)22(29)23(18)30-20(31-24)10-9-15-6-5-11-32(15)4/h12,15-17H,5-11,13-14H2,1-4H3/t15-,16?,17?/m0/s1. The van der Waals surface area contributed by atoms with Gasteiger partial charge < -0.3 is 14.5 Å². The molecule has 1 aromatic heterocycles. The van der Waals surface area contributed by atoms with Crippen LogP contribution in [-0.4, -0.2) is 76.3 Å². The van der Waals surface area contributed by atoms with Crippen molar-refractivity contribution in [3.8, 4) is 0 Å². The Balaban J connectivity index is 1.46. The summed E-state index contributed by atoms with van der Waals surface area (Å²) in [5.74, 6) is 0.882. The van der Waals surface area contributed by atoms with Crippen LogP contribution in [0.4, 0.5) is 15.0 Å². The highest BCUT2D eigenvalue weighted by Gasteiger charge is 2.45. The minimum atomic E-state index is -0.541. The van der Waals surface area contributed by atoms with E-state index in [1.54, 1.807) is 6.07 Å². The van der Waals surface area contributed by atoms with E-state index >= 15 is 4.39 Å². The number of likely N-dealkylation sites (tertiary alicyclic amines) is 1. The van der Waals surface area contributed by atoms with E-state index in [2.05, 4.69) is 37.8 Å². The molecule has 3 fully saturated rings. The number of amides is 1. The highest BCUT2D eigenvalue weighted by Crippen LogP contribution is 2.39. The van der Waals surface area contributed by atoms with Gasteiger partial charge in [-0.05, 0) is 88.5 Å². The molecule has 2 aromatic rings. The van der Waals surface area contributed by atoms with Crippen LogP contribution in [0.1, 0.15) is 58.7 Å². The summed E-state index contributed by atoms with van der Waals surface area (Å²) in [6.45, 7) is 8.00. The van der Waals surface area contributed by atoms with Crippen LogP contribution in [0.5, 0.6) is 0 Å². The molecule has 3 saturated heterocycles. The molecule has 7 nitrogen and oxygen atoms in total. The molecule has 196 valence electrons. The number of anilines is 1. The number of ether oxygens (including phenoxy) is 1. The van der Waals surface area contributed by atoms with Gasteiger partial charge in [-0.2, -0.15) is 0 Å². The minimum absolute atomic E-state index is 0.0231. The first-order chi connectivity index (χ1) is 17.0. The Morgan fingerprint density at radius 2 is 1.92 bits per heavy atom. The van der Waals surface area contributed by atoms with Crippen molar-refractivity contribution in [2.75, 3.05) is 31.6 Å². The average Bonchev–Trinajstić information content (AvgIpc) is 3.34. The molecule has 3 aliphatic heterocycles. The highest BCUT2D eigenvalue weighted by molar-refractivity contribution is 9.10. The summed E-state index contributed by atoms with van der Waals surface area (Å²) >= 11 is 9.64. The number of piperazine rings is 1. The van der Waals surface area contributed by atoms with Crippen LogP contribution in [0, 0.1) is 5.82 Å². The predicted octanol–water partition coefficient (Wildman–Crippen LogP) is 5.80. The highest BCUT2D eigenvalue weighted by atomic mass is 79.9. The summed E-state index contributed by atoms with van der Waals surface area (Å²) in [5, 5.41) is 0.896. The molecule has 0 aliphatic carbocycles. The topological polar surface area (TPSA) is 61.8 Å². The van der Waals surface area contributed by atoms with Crippen molar-refractivity contribution in [3.63, 3.8) is 0 Å². The number of hydrogen-bond donors (Lipinski definition) is 0. The lowest BCUT2D eigenvalue weighted by molar-refractivity contribution is 0.0123. The first kappa shape index (κ1) is 25.9. The Labute approximate surface area is 225 Å². The van der Waals surface area contributed by atoms with Gasteiger partial charge in [-0.3, -0.25) is 4.90 Å². The maximum atomic E-state index is 15.4. The fraction of sp³-hybridized carbons (Fsp3) is 0.654. The first-order valence-electron chi connectivity index (χ1n) is 12.8. The summed E-state index contributed by atoms with van der Waals surface area (Å²) in [6.07, 6.45) is 5.55. The van der Waals surface area contributed by atoms with Gasteiger partial charge in [0.15, 0.2) is 5.82 Å². The number of aromatic nitrogens is 2. The number of carbonyl (C=O) groups is 1. The van der Waals surface area contributed by atoms with E-state index in [9.17, 15) is 4.79 Å². The summed E-state index contributed by atoms with van der Waals surface area (Å²) in [6, 6.07) is 2.29. The molecule has 36 heavy (non-hydrogen) atoms. The molecule has 1 amide bonds. The smallest absolute Gasteiger partial charge is 0.410 e. The van der Waals surface area contributed by atoms with Gasteiger partial charge in [0, 0.05) is 30.9 Å². The van der Waals surface area contributed by atoms with E-state index in [4.69, 9.17) is 21.3 Å². The monoisotopic (exact) mass is 581 g/mol. The number of carbonyl (C=O) groups excluding carboxylic acids is 1. The molecule has 2 unspecified atom stereocenters. The van der Waals surface area contributed by atoms with E-state index in [1.807, 2.05) is 25.7 Å². The molecule has 3 atom stereocenters. The first-order valence-corrected chi connectivity index (χ1v) is 14.0. The number of nitrogens with zero attached hydrogens (tertiary/aromatic N) is 5. The molecule has 2 bridgehead atoms. The van der Waals surface area contributed by atoms with Crippen molar-refractivity contribution in [1.29, 1.82) is 0 Å². The molecule has 3 aliphatic rings. The number of aryl methyl sites for hydroxylation is 1. The lowest BCUT2D eigenvalue weighted by atomic mass is 10.1. The molecular formula is C26H34BrClFN5O2. The van der Waals surface area contributed by atoms with Gasteiger partial charge in [-0.1, -0.05) is 11.6 Å². The van der Waals surface area contributed by atoms with Gasteiger partial charge in [0.05, 0.1) is 21.6 Å². The molecule has 0 saturated carbocycles. The van der Waals surface area contributed by atoms with Crippen molar-refractivity contribution in [2.24, 2.45) is 0 Å². The zero-order valence-electron chi connectivity index (χ0n) is 21.4. The van der Waals surface area contributed by atoms with Gasteiger partial charge >= 0.3 is 6.09 Å². The molecule has 5 rings (SSSR count). The summed E-state index contributed by atoms with van der Waals surface area (Å²) in [5.41, 5.74) is -0.256. The number of benzene rings is 1. The Kier molecular flexibility index (Phi) is 7.11. The third-order valence-corrected chi connectivity index (χ3v) is 8.91. The van der Waals surface area contributed by atoms with Crippen molar-refractivity contribution in [1.82, 2.24) is 19.8 Å². The number of fused-ring (bicyclic) bond motifs is 3. The molecule has 4 heterocycles. The fourth-order valence-corrected chi connectivity index (χ4v) is 6.38. The molecule has 0 radical (unpaired) electrons. The van der Waals surface area contributed by atoms with Crippen LogP contribution in [0.15, 0.2) is 10.5 Å². The van der Waals surface area contributed by atoms with Gasteiger partial charge in [0.1, 0.15) is 22.8 Å². The van der Waals surface area contributed by atoms with Crippen LogP contribution in [0.2, 0.25) is 5.02 Å². The Bertz CT molecular complexity index is 1160. The third-order valence-electron chi connectivity index (χ3n) is 7.61. The zero-order chi connectivity index (χ0) is 25.8. The van der Waals surface area contributed by atoms with Gasteiger partial charge in [-0.15, -0.1) is 0 Å². The molecule has 0 spiro atoms. The molecule has 10 heteroatoms. The van der Waals surface area contributed by atoms with Crippen molar-refractivity contribution < 1.29 is 13.9 Å². The van der Waals surface area contributed by atoms with E-state index < -0.39 is 11.4 Å². The second kappa shape index (κ2) is 9.87. The maximum absolute atomic E-state index is 15.4. The van der Waals surface area contributed by atoms with Crippen LogP contribution in [-0.2, 0) is 11.2 Å². The second-order valence-electron chi connectivity index (χ2n) is 11.3. The largest absolute Gasteiger partial charge is 0.444 e. The lowest BCUT2D eigenvalue weighted by Crippen LogP contribution is -2.57. The van der Waals surface area contributed by atoms with Gasteiger partial charge in [0.2, 0.25) is 0 Å². The molecule has 0 N–H and O–H groups in total. The average molecular weight is 583 g/mol. The third kappa shape index (κ3) is 5.03. The van der Waals surface area contributed by atoms with Crippen LogP contribution in [0.25, 0.3) is 10.9 Å². The normalized spacial score (nSPS) is 24.7. The SMILES string of the molecule is CN1CCC[C@H]1CCc1nc(N2CC3CCC(C2)N3C(=O)OC(C)(C)C)c2cc(Cl)c(Br)c(F)c2n1. The fourth-order valence-electron chi connectivity index (χ4n) is 5.88. The van der Waals surface area contributed by atoms with E-state index in [-0.39, 0.29) is 28.2 Å². The van der Waals surface area contributed by atoms with E-state index in [0.717, 1.165) is 25.8 Å². The van der Waals surface area contributed by atoms with E-state index in [1.165, 1.54) is 12.8 Å².